The predicted molar refractivity (Wildman–Crippen MR) is 111 cm³/mol. The fourth-order valence-electron chi connectivity index (χ4n) is 4.29. The van der Waals surface area contributed by atoms with E-state index in [-0.39, 0.29) is 18.3 Å². The zero-order valence-corrected chi connectivity index (χ0v) is 17.4. The second-order valence-electron chi connectivity index (χ2n) is 7.47. The maximum Gasteiger partial charge on any atom is 0.254 e. The maximum atomic E-state index is 13.2. The maximum absolute atomic E-state index is 13.2. The van der Waals surface area contributed by atoms with Crippen molar-refractivity contribution in [3.63, 3.8) is 0 Å². The number of amides is 1. The summed E-state index contributed by atoms with van der Waals surface area (Å²) in [7, 11) is 0. The molecule has 27 heavy (non-hydrogen) atoms. The molecule has 1 amide bonds. The Kier molecular flexibility index (Phi) is 6.55. The Morgan fingerprint density at radius 1 is 1.44 bits per heavy atom. The Hall–Kier alpha value is -1.44. The molecular weight excluding hydrogens is 382 g/mol. The Morgan fingerprint density at radius 2 is 2.26 bits per heavy atom. The highest BCUT2D eigenvalue weighted by atomic mass is 35.5. The normalized spacial score (nSPS) is 21.1. The number of halogens is 1. The molecule has 2 aliphatic rings. The van der Waals surface area contributed by atoms with E-state index in [1.807, 2.05) is 16.9 Å². The minimum absolute atomic E-state index is 0. The summed E-state index contributed by atoms with van der Waals surface area (Å²) in [5.74, 6) is 0.787. The highest BCUT2D eigenvalue weighted by Crippen LogP contribution is 2.35. The predicted octanol–water partition coefficient (Wildman–Crippen LogP) is 3.38. The van der Waals surface area contributed by atoms with E-state index in [1.165, 1.54) is 29.8 Å². The van der Waals surface area contributed by atoms with Gasteiger partial charge < -0.3 is 5.32 Å². The largest absolute Gasteiger partial charge is 0.317 e. The monoisotopic (exact) mass is 409 g/mol. The smallest absolute Gasteiger partial charge is 0.254 e. The van der Waals surface area contributed by atoms with Crippen molar-refractivity contribution in [3.8, 4) is 0 Å². The van der Waals surface area contributed by atoms with Crippen LogP contribution in [0.3, 0.4) is 0 Å². The molecule has 2 N–H and O–H groups in total. The molecule has 0 bridgehead atoms. The van der Waals surface area contributed by atoms with Crippen molar-refractivity contribution in [1.29, 1.82) is 0 Å². The topological polar surface area (TPSA) is 71.8 Å². The van der Waals surface area contributed by atoms with Crippen LogP contribution in [0, 0.1) is 5.92 Å². The van der Waals surface area contributed by atoms with Crippen molar-refractivity contribution in [2.24, 2.45) is 5.92 Å². The van der Waals surface area contributed by atoms with Gasteiger partial charge >= 0.3 is 0 Å². The Balaban J connectivity index is 0.00000210. The van der Waals surface area contributed by atoms with Crippen molar-refractivity contribution >= 4 is 34.8 Å². The number of fused-ring (bicyclic) bond motifs is 1. The summed E-state index contributed by atoms with van der Waals surface area (Å²) in [5, 5.41) is 11.6. The first-order chi connectivity index (χ1) is 12.7. The molecule has 1 unspecified atom stereocenters. The van der Waals surface area contributed by atoms with Gasteiger partial charge in [-0.25, -0.2) is 4.98 Å². The molecule has 8 heteroatoms. The van der Waals surface area contributed by atoms with Crippen LogP contribution < -0.4 is 10.6 Å². The van der Waals surface area contributed by atoms with Crippen LogP contribution in [0.5, 0.6) is 0 Å². The lowest BCUT2D eigenvalue weighted by molar-refractivity contribution is -0.126. The Morgan fingerprint density at radius 3 is 2.96 bits per heavy atom. The Labute approximate surface area is 170 Å². The van der Waals surface area contributed by atoms with Crippen LogP contribution in [0.4, 0.5) is 5.13 Å². The first-order valence-corrected chi connectivity index (χ1v) is 10.5. The number of anilines is 1. The van der Waals surface area contributed by atoms with Gasteiger partial charge in [0.15, 0.2) is 5.13 Å². The van der Waals surface area contributed by atoms with Crippen LogP contribution in [0.15, 0.2) is 18.5 Å². The zero-order chi connectivity index (χ0) is 18.0. The highest BCUT2D eigenvalue weighted by Gasteiger charge is 2.42. The van der Waals surface area contributed by atoms with Gasteiger partial charge in [-0.3, -0.25) is 14.8 Å². The molecule has 2 aromatic heterocycles. The molecule has 4 rings (SSSR count). The van der Waals surface area contributed by atoms with Crippen LogP contribution in [0.25, 0.3) is 0 Å². The van der Waals surface area contributed by atoms with E-state index < -0.39 is 5.54 Å². The summed E-state index contributed by atoms with van der Waals surface area (Å²) in [6.07, 6.45) is 11.0. The second kappa shape index (κ2) is 8.71. The van der Waals surface area contributed by atoms with Gasteiger partial charge in [0.05, 0.1) is 5.69 Å². The molecule has 1 atom stereocenters. The van der Waals surface area contributed by atoms with Gasteiger partial charge in [-0.15, -0.1) is 23.7 Å². The van der Waals surface area contributed by atoms with Gasteiger partial charge in [0.2, 0.25) is 0 Å². The molecule has 2 aromatic rings. The first-order valence-electron chi connectivity index (χ1n) is 9.72. The van der Waals surface area contributed by atoms with Gasteiger partial charge in [-0.05, 0) is 57.2 Å². The SMILES string of the molecule is CCCC1CCc2nc(NC(=O)C3(n4cccn4)CCNCC3)sc2C1.Cl. The van der Waals surface area contributed by atoms with Gasteiger partial charge in [-0.1, -0.05) is 19.8 Å². The molecule has 1 aliphatic heterocycles. The average molecular weight is 410 g/mol. The molecule has 3 heterocycles. The van der Waals surface area contributed by atoms with Crippen molar-refractivity contribution < 1.29 is 4.79 Å². The van der Waals surface area contributed by atoms with E-state index in [0.717, 1.165) is 49.8 Å². The van der Waals surface area contributed by atoms with Crippen LogP contribution >= 0.6 is 23.7 Å². The zero-order valence-electron chi connectivity index (χ0n) is 15.7. The van der Waals surface area contributed by atoms with Crippen molar-refractivity contribution in [1.82, 2.24) is 20.1 Å². The molecule has 148 valence electrons. The third-order valence-electron chi connectivity index (χ3n) is 5.76. The van der Waals surface area contributed by atoms with E-state index in [9.17, 15) is 4.79 Å². The lowest BCUT2D eigenvalue weighted by atomic mass is 9.87. The number of nitrogens with zero attached hydrogens (tertiary/aromatic N) is 3. The number of thiazole rings is 1. The fraction of sp³-hybridized carbons (Fsp3) is 0.632. The van der Waals surface area contributed by atoms with E-state index >= 15 is 0 Å². The molecule has 0 spiro atoms. The highest BCUT2D eigenvalue weighted by molar-refractivity contribution is 7.15. The van der Waals surface area contributed by atoms with E-state index in [4.69, 9.17) is 4.98 Å². The number of hydrogen-bond donors (Lipinski definition) is 2. The van der Waals surface area contributed by atoms with Crippen LogP contribution in [-0.4, -0.2) is 33.8 Å². The third kappa shape index (κ3) is 4.05. The first kappa shape index (κ1) is 20.3. The van der Waals surface area contributed by atoms with Crippen molar-refractivity contribution in [2.45, 2.75) is 57.4 Å². The van der Waals surface area contributed by atoms with E-state index in [1.54, 1.807) is 17.5 Å². The molecule has 6 nitrogen and oxygen atoms in total. The molecule has 0 radical (unpaired) electrons. The van der Waals surface area contributed by atoms with Crippen molar-refractivity contribution in [2.75, 3.05) is 18.4 Å². The fourth-order valence-corrected chi connectivity index (χ4v) is 5.40. The summed E-state index contributed by atoms with van der Waals surface area (Å²) in [6, 6.07) is 1.88. The molecular formula is C19H28ClN5OS. The number of nitrogens with one attached hydrogen (secondary N) is 2. The van der Waals surface area contributed by atoms with Gasteiger partial charge in [-0.2, -0.15) is 5.10 Å². The molecule has 1 fully saturated rings. The summed E-state index contributed by atoms with van der Waals surface area (Å²) < 4.78 is 1.83. The second-order valence-corrected chi connectivity index (χ2v) is 8.56. The minimum atomic E-state index is -0.619. The minimum Gasteiger partial charge on any atom is -0.317 e. The van der Waals surface area contributed by atoms with Crippen LogP contribution in [-0.2, 0) is 23.2 Å². The van der Waals surface area contributed by atoms with Crippen molar-refractivity contribution in [3.05, 3.63) is 29.0 Å². The lowest BCUT2D eigenvalue weighted by Gasteiger charge is -2.36. The van der Waals surface area contributed by atoms with Gasteiger partial charge in [0.25, 0.3) is 5.91 Å². The number of aryl methyl sites for hydroxylation is 1. The number of rotatable bonds is 5. The lowest BCUT2D eigenvalue weighted by Crippen LogP contribution is -2.52. The molecule has 0 aromatic carbocycles. The quantitative estimate of drug-likeness (QED) is 0.794. The van der Waals surface area contributed by atoms with Gasteiger partial charge in [0, 0.05) is 17.3 Å². The van der Waals surface area contributed by atoms with Crippen LogP contribution in [0.2, 0.25) is 0 Å². The summed E-state index contributed by atoms with van der Waals surface area (Å²) in [6.45, 7) is 3.89. The molecule has 1 saturated heterocycles. The molecule has 0 saturated carbocycles. The standard InChI is InChI=1S/C19H27N5OS.ClH/c1-2-4-14-5-6-15-16(13-14)26-18(22-15)23-17(25)19(7-10-20-11-8-19)24-12-3-9-21-24;/h3,9,12,14,20H,2,4-8,10-11,13H2,1H3,(H,22,23,25);1H. The number of carbonyl (C=O) groups is 1. The third-order valence-corrected chi connectivity index (χ3v) is 6.79. The number of aromatic nitrogens is 3. The van der Waals surface area contributed by atoms with E-state index in [2.05, 4.69) is 22.7 Å². The van der Waals surface area contributed by atoms with E-state index in [0.29, 0.717) is 0 Å². The summed E-state index contributed by atoms with van der Waals surface area (Å²) >= 11 is 1.66. The number of hydrogen-bond acceptors (Lipinski definition) is 5. The van der Waals surface area contributed by atoms with Gasteiger partial charge in [0.1, 0.15) is 5.54 Å². The Bertz CT molecular complexity index is 754. The summed E-state index contributed by atoms with van der Waals surface area (Å²) in [5.41, 5.74) is 0.571. The molecule has 1 aliphatic carbocycles. The summed E-state index contributed by atoms with van der Waals surface area (Å²) in [4.78, 5) is 19.3. The number of piperidine rings is 1. The number of carbonyl (C=O) groups excluding carboxylic acids is 1. The van der Waals surface area contributed by atoms with Crippen LogP contribution in [0.1, 0.15) is 49.6 Å². The average Bonchev–Trinajstić information content (AvgIpc) is 3.32.